The van der Waals surface area contributed by atoms with Crippen molar-refractivity contribution in [2.75, 3.05) is 54.1 Å². The number of methoxy groups -OCH3 is 3. The average molecular weight is 641 g/mol. The minimum atomic E-state index is -0.488. The normalized spacial score (nSPS) is 19.8. The molecule has 2 N–H and O–H groups in total. The van der Waals surface area contributed by atoms with Crippen LogP contribution in [0.2, 0.25) is 10.0 Å². The second-order valence-corrected chi connectivity index (χ2v) is 12.8. The van der Waals surface area contributed by atoms with Gasteiger partial charge in [-0.25, -0.2) is 0 Å². The van der Waals surface area contributed by atoms with Gasteiger partial charge in [0.05, 0.1) is 36.8 Å². The first-order valence-electron chi connectivity index (χ1n) is 15.4. The van der Waals surface area contributed by atoms with Crippen LogP contribution in [0.25, 0.3) is 0 Å². The van der Waals surface area contributed by atoms with E-state index in [1.165, 1.54) is 5.56 Å². The Bertz CT molecular complexity index is 1410. The monoisotopic (exact) mass is 639 g/mol. The summed E-state index contributed by atoms with van der Waals surface area (Å²) in [6.07, 6.45) is 4.34. The van der Waals surface area contributed by atoms with Crippen LogP contribution in [0.5, 0.6) is 17.2 Å². The van der Waals surface area contributed by atoms with Gasteiger partial charge in [-0.3, -0.25) is 9.69 Å². The van der Waals surface area contributed by atoms with Gasteiger partial charge in [-0.15, -0.1) is 0 Å². The molecule has 5 rings (SSSR count). The number of nitrogens with zero attached hydrogens (tertiary/aromatic N) is 1. The van der Waals surface area contributed by atoms with Crippen molar-refractivity contribution in [1.82, 2.24) is 15.5 Å². The lowest BCUT2D eigenvalue weighted by atomic mass is 9.72. The number of amides is 1. The van der Waals surface area contributed by atoms with E-state index in [1.807, 2.05) is 42.5 Å². The Morgan fingerprint density at radius 3 is 2.23 bits per heavy atom. The zero-order valence-electron chi connectivity index (χ0n) is 25.9. The second-order valence-electron chi connectivity index (χ2n) is 12.0. The molecule has 9 heteroatoms. The highest BCUT2D eigenvalue weighted by Gasteiger charge is 2.42. The van der Waals surface area contributed by atoms with Crippen molar-refractivity contribution in [3.8, 4) is 17.2 Å². The third-order valence-corrected chi connectivity index (χ3v) is 10.2. The molecule has 3 aromatic carbocycles. The molecule has 0 bridgehead atoms. The summed E-state index contributed by atoms with van der Waals surface area (Å²) < 4.78 is 16.7. The van der Waals surface area contributed by atoms with Gasteiger partial charge in [0, 0.05) is 25.0 Å². The van der Waals surface area contributed by atoms with Crippen LogP contribution in [0.3, 0.4) is 0 Å². The number of hydrogen-bond donors (Lipinski definition) is 2. The fourth-order valence-corrected chi connectivity index (χ4v) is 7.34. The molecule has 1 amide bonds. The van der Waals surface area contributed by atoms with E-state index in [1.54, 1.807) is 21.3 Å². The third-order valence-electron chi connectivity index (χ3n) is 9.43. The zero-order chi connectivity index (χ0) is 31.2. The van der Waals surface area contributed by atoms with Crippen LogP contribution >= 0.6 is 23.2 Å². The van der Waals surface area contributed by atoms with E-state index in [0.717, 1.165) is 76.0 Å². The first-order chi connectivity index (χ1) is 21.3. The highest BCUT2D eigenvalue weighted by atomic mass is 35.5. The lowest BCUT2D eigenvalue weighted by Crippen LogP contribution is -2.51. The summed E-state index contributed by atoms with van der Waals surface area (Å²) in [5.41, 5.74) is 2.77. The molecule has 2 aliphatic heterocycles. The number of carbonyl (C=O) groups excluding carboxylic acids is 1. The number of piperidine rings is 1. The number of hydrogen-bond acceptors (Lipinski definition) is 6. The highest BCUT2D eigenvalue weighted by molar-refractivity contribution is 6.42. The van der Waals surface area contributed by atoms with Gasteiger partial charge in [-0.05, 0) is 92.7 Å². The number of benzene rings is 3. The third kappa shape index (κ3) is 6.81. The van der Waals surface area contributed by atoms with Crippen LogP contribution in [0.15, 0.2) is 60.7 Å². The summed E-state index contributed by atoms with van der Waals surface area (Å²) >= 11 is 12.9. The molecule has 0 radical (unpaired) electrons. The zero-order valence-corrected chi connectivity index (χ0v) is 27.4. The fourth-order valence-electron chi connectivity index (χ4n) is 7.04. The predicted molar refractivity (Wildman–Crippen MR) is 177 cm³/mol. The molecule has 236 valence electrons. The smallest absolute Gasteiger partial charge is 0.230 e. The molecule has 1 unspecified atom stereocenters. The molecule has 3 aromatic rings. The maximum atomic E-state index is 13.7. The quantitative estimate of drug-likeness (QED) is 0.224. The summed E-state index contributed by atoms with van der Waals surface area (Å²) in [6.45, 7) is 4.82. The molecule has 44 heavy (non-hydrogen) atoms. The SMILES string of the molecule is COc1cc(CN2CCC(CCCNC(=O)C3(c4ccccc4)CCNCC3)(c3ccc(Cl)c(Cl)c3)C2)cc(OC)c1OC. The topological polar surface area (TPSA) is 72.1 Å². The van der Waals surface area contributed by atoms with Gasteiger partial charge >= 0.3 is 0 Å². The van der Waals surface area contributed by atoms with Gasteiger partial charge in [0.2, 0.25) is 11.7 Å². The van der Waals surface area contributed by atoms with E-state index in [-0.39, 0.29) is 11.3 Å². The lowest BCUT2D eigenvalue weighted by Gasteiger charge is -2.37. The molecule has 2 saturated heterocycles. The molecule has 2 fully saturated rings. The van der Waals surface area contributed by atoms with Crippen molar-refractivity contribution in [2.45, 2.75) is 49.5 Å². The molecule has 1 atom stereocenters. The van der Waals surface area contributed by atoms with Crippen molar-refractivity contribution in [1.29, 1.82) is 0 Å². The van der Waals surface area contributed by atoms with Gasteiger partial charge in [0.25, 0.3) is 0 Å². The fraction of sp³-hybridized carbons (Fsp3) is 0.457. The highest BCUT2D eigenvalue weighted by Crippen LogP contribution is 2.43. The molecule has 0 spiro atoms. The minimum Gasteiger partial charge on any atom is -0.493 e. The first kappa shape index (κ1) is 32.4. The number of halogens is 2. The lowest BCUT2D eigenvalue weighted by molar-refractivity contribution is -0.127. The number of likely N-dealkylation sites (tertiary alicyclic amines) is 1. The summed E-state index contributed by atoms with van der Waals surface area (Å²) in [5, 5.41) is 7.86. The molecule has 0 aliphatic carbocycles. The van der Waals surface area contributed by atoms with Crippen LogP contribution in [-0.2, 0) is 22.2 Å². The second kappa shape index (κ2) is 14.4. The maximum Gasteiger partial charge on any atom is 0.230 e. The maximum absolute atomic E-state index is 13.7. The minimum absolute atomic E-state index is 0.120. The van der Waals surface area contributed by atoms with E-state index >= 15 is 0 Å². The van der Waals surface area contributed by atoms with Gasteiger partial charge < -0.3 is 24.8 Å². The summed E-state index contributed by atoms with van der Waals surface area (Å²) in [6, 6.07) is 20.3. The Morgan fingerprint density at radius 1 is 0.886 bits per heavy atom. The molecule has 0 saturated carbocycles. The van der Waals surface area contributed by atoms with E-state index in [2.05, 4.69) is 33.7 Å². The van der Waals surface area contributed by atoms with Crippen molar-refractivity contribution >= 4 is 29.1 Å². The van der Waals surface area contributed by atoms with Crippen molar-refractivity contribution in [3.63, 3.8) is 0 Å². The average Bonchev–Trinajstić information content (AvgIpc) is 3.47. The molecule has 2 aliphatic rings. The number of nitrogens with one attached hydrogen (secondary N) is 2. The van der Waals surface area contributed by atoms with Crippen molar-refractivity contribution in [3.05, 3.63) is 87.4 Å². The summed E-state index contributed by atoms with van der Waals surface area (Å²) in [4.78, 5) is 16.2. The van der Waals surface area contributed by atoms with E-state index < -0.39 is 5.41 Å². The largest absolute Gasteiger partial charge is 0.493 e. The number of ether oxygens (including phenoxy) is 3. The summed E-state index contributed by atoms with van der Waals surface area (Å²) in [5.74, 6) is 2.01. The van der Waals surface area contributed by atoms with Crippen LogP contribution in [0.1, 0.15) is 48.8 Å². The Kier molecular flexibility index (Phi) is 10.6. The van der Waals surface area contributed by atoms with Crippen LogP contribution in [-0.4, -0.2) is 64.9 Å². The Labute approximate surface area is 271 Å². The molecule has 2 heterocycles. The van der Waals surface area contributed by atoms with Gasteiger partial charge in [-0.2, -0.15) is 0 Å². The van der Waals surface area contributed by atoms with Gasteiger partial charge in [0.15, 0.2) is 11.5 Å². The molecule has 7 nitrogen and oxygen atoms in total. The standard InChI is InChI=1S/C35H43Cl2N3O4/c1-42-30-20-25(21-31(43-2)32(30)44-3)23-40-19-15-34(24-40,27-10-11-28(36)29(37)22-27)12-7-16-39-33(41)35(13-17-38-18-14-35)26-8-5-4-6-9-26/h4-6,8-11,20-22,38H,7,12-19,23-24H2,1-3H3,(H,39,41). The first-order valence-corrected chi connectivity index (χ1v) is 16.1. The molecular formula is C35H43Cl2N3O4. The molecular weight excluding hydrogens is 597 g/mol. The van der Waals surface area contributed by atoms with Gasteiger partial charge in [-0.1, -0.05) is 59.6 Å². The number of carbonyl (C=O) groups is 1. The predicted octanol–water partition coefficient (Wildman–Crippen LogP) is 6.38. The van der Waals surface area contributed by atoms with Crippen LogP contribution in [0.4, 0.5) is 0 Å². The molecule has 0 aromatic heterocycles. The Hall–Kier alpha value is -2.97. The van der Waals surface area contributed by atoms with E-state index in [9.17, 15) is 4.79 Å². The van der Waals surface area contributed by atoms with Crippen molar-refractivity contribution < 1.29 is 19.0 Å². The van der Waals surface area contributed by atoms with Crippen LogP contribution in [0, 0.1) is 0 Å². The van der Waals surface area contributed by atoms with Crippen molar-refractivity contribution in [2.24, 2.45) is 0 Å². The van der Waals surface area contributed by atoms with E-state index in [0.29, 0.717) is 33.8 Å². The number of rotatable bonds is 12. The Morgan fingerprint density at radius 2 is 1.59 bits per heavy atom. The van der Waals surface area contributed by atoms with E-state index in [4.69, 9.17) is 37.4 Å². The van der Waals surface area contributed by atoms with Crippen LogP contribution < -0.4 is 24.8 Å². The van der Waals surface area contributed by atoms with Gasteiger partial charge in [0.1, 0.15) is 0 Å². The Balaban J connectivity index is 1.30. The summed E-state index contributed by atoms with van der Waals surface area (Å²) in [7, 11) is 4.89.